The Morgan fingerprint density at radius 3 is 2.74 bits per heavy atom. The van der Waals surface area contributed by atoms with Crippen LogP contribution in [0.5, 0.6) is 0 Å². The van der Waals surface area contributed by atoms with E-state index in [1.54, 1.807) is 18.3 Å². The fourth-order valence-corrected chi connectivity index (χ4v) is 2.98. The van der Waals surface area contributed by atoms with E-state index in [1.807, 2.05) is 17.0 Å². The van der Waals surface area contributed by atoms with Crippen molar-refractivity contribution in [3.63, 3.8) is 0 Å². The lowest BCUT2D eigenvalue weighted by molar-refractivity contribution is 0.0217. The van der Waals surface area contributed by atoms with E-state index < -0.39 is 11.5 Å². The number of nitrogens with zero attached hydrogens (tertiary/aromatic N) is 3. The molecule has 0 radical (unpaired) electrons. The number of anilines is 1. The first-order valence-corrected chi connectivity index (χ1v) is 7.71. The number of halogens is 1. The Hall–Kier alpha value is -2.18. The summed E-state index contributed by atoms with van der Waals surface area (Å²) >= 11 is 5.91. The first-order chi connectivity index (χ1) is 11.0. The number of benzene rings is 1. The number of β-amino-alcohol motifs (C(OH)–C–C–N with tert-alkyl or cyclic N) is 1. The molecule has 1 aliphatic rings. The summed E-state index contributed by atoms with van der Waals surface area (Å²) in [4.78, 5) is 21.4. The zero-order chi connectivity index (χ0) is 16.4. The highest BCUT2D eigenvalue weighted by Crippen LogP contribution is 2.33. The van der Waals surface area contributed by atoms with E-state index in [-0.39, 0.29) is 5.69 Å². The predicted octanol–water partition coefficient (Wildman–Crippen LogP) is 1.72. The van der Waals surface area contributed by atoms with E-state index in [9.17, 15) is 9.90 Å². The number of carbonyl (C=O) groups is 1. The molecular weight excluding hydrogens is 316 g/mol. The lowest BCUT2D eigenvalue weighted by Crippen LogP contribution is -2.46. The van der Waals surface area contributed by atoms with Crippen molar-refractivity contribution in [1.82, 2.24) is 9.97 Å². The van der Waals surface area contributed by atoms with Crippen LogP contribution in [0.4, 0.5) is 5.82 Å². The van der Waals surface area contributed by atoms with Crippen LogP contribution in [0.15, 0.2) is 36.7 Å². The van der Waals surface area contributed by atoms with Crippen molar-refractivity contribution in [1.29, 1.82) is 0 Å². The highest BCUT2D eigenvalue weighted by atomic mass is 35.5. The molecule has 1 amide bonds. The quantitative estimate of drug-likeness (QED) is 0.892. The molecule has 1 fully saturated rings. The number of nitrogens with two attached hydrogens (primary N) is 1. The molecule has 1 aliphatic heterocycles. The number of primary amides is 1. The number of carbonyl (C=O) groups excluding carboxylic acids is 1. The van der Waals surface area contributed by atoms with Gasteiger partial charge in [0.05, 0.1) is 18.9 Å². The molecule has 3 N–H and O–H groups in total. The minimum Gasteiger partial charge on any atom is -0.383 e. The number of hydrogen-bond acceptors (Lipinski definition) is 5. The first kappa shape index (κ1) is 15.7. The SMILES string of the molecule is NC(=O)c1cncc(N2CCCC(O)(c3ccc(Cl)cc3)C2)n1. The largest absolute Gasteiger partial charge is 0.383 e. The van der Waals surface area contributed by atoms with Crippen molar-refractivity contribution in [2.75, 3.05) is 18.0 Å². The van der Waals surface area contributed by atoms with Gasteiger partial charge < -0.3 is 15.7 Å². The molecule has 0 saturated carbocycles. The van der Waals surface area contributed by atoms with Crippen molar-refractivity contribution >= 4 is 23.3 Å². The van der Waals surface area contributed by atoms with Gasteiger partial charge in [0, 0.05) is 11.6 Å². The summed E-state index contributed by atoms with van der Waals surface area (Å²) in [6.45, 7) is 1.10. The molecule has 1 aromatic heterocycles. The number of piperidine rings is 1. The molecule has 1 unspecified atom stereocenters. The Labute approximate surface area is 138 Å². The summed E-state index contributed by atoms with van der Waals surface area (Å²) in [6, 6.07) is 7.19. The van der Waals surface area contributed by atoms with Crippen LogP contribution in [0.25, 0.3) is 0 Å². The summed E-state index contributed by atoms with van der Waals surface area (Å²) in [5.74, 6) is -0.0855. The summed E-state index contributed by atoms with van der Waals surface area (Å²) in [7, 11) is 0. The van der Waals surface area contributed by atoms with Gasteiger partial charge in [-0.1, -0.05) is 23.7 Å². The second-order valence-corrected chi connectivity index (χ2v) is 6.13. The molecule has 3 rings (SSSR count). The molecule has 0 spiro atoms. The van der Waals surface area contributed by atoms with Crippen LogP contribution < -0.4 is 10.6 Å². The van der Waals surface area contributed by atoms with Gasteiger partial charge in [-0.15, -0.1) is 0 Å². The van der Waals surface area contributed by atoms with Crippen molar-refractivity contribution < 1.29 is 9.90 Å². The van der Waals surface area contributed by atoms with Crippen LogP contribution >= 0.6 is 11.6 Å². The molecule has 2 aromatic rings. The van der Waals surface area contributed by atoms with Crippen molar-refractivity contribution in [2.45, 2.75) is 18.4 Å². The van der Waals surface area contributed by atoms with Gasteiger partial charge in [0.25, 0.3) is 5.91 Å². The minimum absolute atomic E-state index is 0.114. The Bertz CT molecular complexity index is 722. The number of aliphatic hydroxyl groups is 1. The standard InChI is InChI=1S/C16H17ClN4O2/c17-12-4-2-11(3-5-12)16(23)6-1-7-21(10-16)14-9-19-8-13(20-14)15(18)22/h2-5,8-9,23H,1,6-7,10H2,(H2,18,22). The molecule has 23 heavy (non-hydrogen) atoms. The maximum atomic E-state index is 11.3. The van der Waals surface area contributed by atoms with Crippen LogP contribution in [-0.2, 0) is 5.60 Å². The van der Waals surface area contributed by atoms with Gasteiger partial charge in [-0.2, -0.15) is 0 Å². The number of aromatic nitrogens is 2. The van der Waals surface area contributed by atoms with E-state index in [4.69, 9.17) is 17.3 Å². The zero-order valence-corrected chi connectivity index (χ0v) is 13.2. The van der Waals surface area contributed by atoms with Crippen LogP contribution in [0.1, 0.15) is 28.9 Å². The molecule has 1 atom stereocenters. The molecule has 0 bridgehead atoms. The number of rotatable bonds is 3. The van der Waals surface area contributed by atoms with Crippen LogP contribution in [0.2, 0.25) is 5.02 Å². The van der Waals surface area contributed by atoms with Crippen molar-refractivity contribution in [2.24, 2.45) is 5.73 Å². The number of hydrogen-bond donors (Lipinski definition) is 2. The van der Waals surface area contributed by atoms with E-state index in [0.717, 1.165) is 18.5 Å². The van der Waals surface area contributed by atoms with Crippen molar-refractivity contribution in [3.8, 4) is 0 Å². The van der Waals surface area contributed by atoms with E-state index in [1.165, 1.54) is 6.20 Å². The Kier molecular flexibility index (Phi) is 4.19. The van der Waals surface area contributed by atoms with Gasteiger partial charge >= 0.3 is 0 Å². The van der Waals surface area contributed by atoms with E-state index >= 15 is 0 Å². The third-order valence-electron chi connectivity index (χ3n) is 4.05. The molecule has 1 aromatic carbocycles. The zero-order valence-electron chi connectivity index (χ0n) is 12.4. The maximum absolute atomic E-state index is 11.3. The first-order valence-electron chi connectivity index (χ1n) is 7.33. The van der Waals surface area contributed by atoms with Gasteiger partial charge in [-0.05, 0) is 30.5 Å². The summed E-state index contributed by atoms with van der Waals surface area (Å²) in [5.41, 5.74) is 5.18. The summed E-state index contributed by atoms with van der Waals surface area (Å²) < 4.78 is 0. The Morgan fingerprint density at radius 1 is 1.30 bits per heavy atom. The van der Waals surface area contributed by atoms with Crippen LogP contribution in [0.3, 0.4) is 0 Å². The normalized spacial score (nSPS) is 21.2. The molecular formula is C16H17ClN4O2. The Morgan fingerprint density at radius 2 is 2.04 bits per heavy atom. The van der Waals surface area contributed by atoms with Crippen LogP contribution in [0, 0.1) is 0 Å². The third-order valence-corrected chi connectivity index (χ3v) is 4.30. The van der Waals surface area contributed by atoms with E-state index in [2.05, 4.69) is 9.97 Å². The van der Waals surface area contributed by atoms with Gasteiger partial charge in [0.15, 0.2) is 0 Å². The monoisotopic (exact) mass is 332 g/mol. The highest BCUT2D eigenvalue weighted by Gasteiger charge is 2.35. The minimum atomic E-state index is -0.993. The molecule has 1 saturated heterocycles. The van der Waals surface area contributed by atoms with Gasteiger partial charge in [-0.3, -0.25) is 9.78 Å². The van der Waals surface area contributed by atoms with E-state index in [0.29, 0.717) is 23.8 Å². The lowest BCUT2D eigenvalue weighted by Gasteiger charge is -2.40. The van der Waals surface area contributed by atoms with Crippen molar-refractivity contribution in [3.05, 3.63) is 52.9 Å². The van der Waals surface area contributed by atoms with Gasteiger partial charge in [-0.25, -0.2) is 4.98 Å². The third kappa shape index (κ3) is 3.28. The lowest BCUT2D eigenvalue weighted by atomic mass is 9.86. The molecule has 120 valence electrons. The highest BCUT2D eigenvalue weighted by molar-refractivity contribution is 6.30. The molecule has 7 heteroatoms. The summed E-state index contributed by atoms with van der Waals surface area (Å²) in [5, 5.41) is 11.6. The molecule has 2 heterocycles. The van der Waals surface area contributed by atoms with Gasteiger partial charge in [0.2, 0.25) is 0 Å². The fraction of sp³-hybridized carbons (Fsp3) is 0.312. The smallest absolute Gasteiger partial charge is 0.268 e. The maximum Gasteiger partial charge on any atom is 0.268 e. The number of amides is 1. The Balaban J connectivity index is 1.87. The second-order valence-electron chi connectivity index (χ2n) is 5.69. The topological polar surface area (TPSA) is 92.3 Å². The van der Waals surface area contributed by atoms with Crippen LogP contribution in [-0.4, -0.2) is 34.1 Å². The second kappa shape index (κ2) is 6.14. The molecule has 6 nitrogen and oxygen atoms in total. The molecule has 0 aliphatic carbocycles. The fourth-order valence-electron chi connectivity index (χ4n) is 2.85. The average molecular weight is 333 g/mol. The predicted molar refractivity (Wildman–Crippen MR) is 87.3 cm³/mol. The summed E-state index contributed by atoms with van der Waals surface area (Å²) in [6.07, 6.45) is 4.34. The average Bonchev–Trinajstić information content (AvgIpc) is 2.55. The van der Waals surface area contributed by atoms with Gasteiger partial charge in [0.1, 0.15) is 17.1 Å².